The first-order valence-electron chi connectivity index (χ1n) is 10.1. The van der Waals surface area contributed by atoms with Crippen molar-refractivity contribution in [3.63, 3.8) is 0 Å². The minimum atomic E-state index is -1.10. The van der Waals surface area contributed by atoms with E-state index in [0.717, 1.165) is 12.8 Å². The van der Waals surface area contributed by atoms with Gasteiger partial charge in [0.1, 0.15) is 0 Å². The minimum absolute atomic E-state index is 0.198. The molecule has 0 radical (unpaired) electrons. The number of ketones is 1. The molecule has 2 N–H and O–H groups in total. The van der Waals surface area contributed by atoms with Crippen molar-refractivity contribution in [3.05, 3.63) is 0 Å². The number of nitrogens with two attached hydrogens (primary N) is 1. The molecule has 24 heavy (non-hydrogen) atoms. The molecule has 142 valence electrons. The molecule has 0 aromatic carbocycles. The van der Waals surface area contributed by atoms with Crippen LogP contribution >= 0.6 is 0 Å². The molecule has 0 aromatic heterocycles. The average molecular weight is 342 g/mol. The Hall–Kier alpha value is -0.900. The first kappa shape index (κ1) is 23.1. The second kappa shape index (κ2) is 16.9. The van der Waals surface area contributed by atoms with Gasteiger partial charge in [0.2, 0.25) is 0 Å². The van der Waals surface area contributed by atoms with E-state index in [0.29, 0.717) is 6.42 Å². The van der Waals surface area contributed by atoms with Crippen LogP contribution in [0.25, 0.3) is 0 Å². The summed E-state index contributed by atoms with van der Waals surface area (Å²) >= 11 is 0. The number of hydrogen-bond donors (Lipinski definition) is 1. The predicted octanol–water partition coefficient (Wildman–Crippen LogP) is 4.93. The van der Waals surface area contributed by atoms with E-state index in [1.54, 1.807) is 6.92 Å². The monoisotopic (exact) mass is 341 g/mol. The Bertz CT molecular complexity index is 318. The molecule has 0 aromatic rings. The highest BCUT2D eigenvalue weighted by Crippen LogP contribution is 2.13. The molecule has 1 unspecified atom stereocenters. The number of unbranched alkanes of at least 4 members (excludes halogenated alkanes) is 12. The Kier molecular flexibility index (Phi) is 16.3. The third-order valence-electron chi connectivity index (χ3n) is 4.41. The van der Waals surface area contributed by atoms with Crippen molar-refractivity contribution >= 4 is 11.8 Å². The van der Waals surface area contributed by atoms with E-state index >= 15 is 0 Å². The molecule has 0 bridgehead atoms. The summed E-state index contributed by atoms with van der Waals surface area (Å²) in [6.07, 6.45) is 16.9. The maximum absolute atomic E-state index is 11.7. The Morgan fingerprint density at radius 2 is 1.17 bits per heavy atom. The lowest BCUT2D eigenvalue weighted by atomic mass is 10.0. The Labute approximate surface area is 148 Å². The smallest absolute Gasteiger partial charge is 0.330 e. The normalized spacial score (nSPS) is 12.1. The molecule has 4 nitrogen and oxygen atoms in total. The second-order valence-electron chi connectivity index (χ2n) is 6.69. The Morgan fingerprint density at radius 1 is 0.750 bits per heavy atom. The van der Waals surface area contributed by atoms with Crippen LogP contribution < -0.4 is 5.73 Å². The van der Waals surface area contributed by atoms with Crippen LogP contribution in [0.2, 0.25) is 0 Å². The molecule has 0 spiro atoms. The second-order valence-corrected chi connectivity index (χ2v) is 6.69. The quantitative estimate of drug-likeness (QED) is 0.231. The SMILES string of the molecule is CCCCCCCCCCCCCCCC(=O)C(N)C(=O)OCC. The standard InChI is InChI=1S/C20H39NO3/c1-3-5-6-7-8-9-10-11-12-13-14-15-16-17-18(22)19(21)20(23)24-4-2/h19H,3-17,21H2,1-2H3. The van der Waals surface area contributed by atoms with Crippen molar-refractivity contribution in [1.82, 2.24) is 0 Å². The summed E-state index contributed by atoms with van der Waals surface area (Å²) in [5.74, 6) is -0.797. The van der Waals surface area contributed by atoms with Gasteiger partial charge in [-0.05, 0) is 13.3 Å². The molecule has 1 atom stereocenters. The minimum Gasteiger partial charge on any atom is -0.464 e. The van der Waals surface area contributed by atoms with Gasteiger partial charge in [0, 0.05) is 6.42 Å². The molecule has 0 aliphatic heterocycles. The summed E-state index contributed by atoms with van der Waals surface area (Å²) in [6.45, 7) is 4.23. The largest absolute Gasteiger partial charge is 0.464 e. The topological polar surface area (TPSA) is 69.4 Å². The first-order chi connectivity index (χ1) is 11.6. The molecular weight excluding hydrogens is 302 g/mol. The Morgan fingerprint density at radius 3 is 1.58 bits per heavy atom. The van der Waals surface area contributed by atoms with Crippen LogP contribution in [0.4, 0.5) is 0 Å². The molecule has 0 saturated carbocycles. The number of carbonyl (C=O) groups is 2. The summed E-state index contributed by atoms with van der Waals surface area (Å²) in [7, 11) is 0. The lowest BCUT2D eigenvalue weighted by Gasteiger charge is -2.09. The van der Waals surface area contributed by atoms with Crippen LogP contribution in [0.5, 0.6) is 0 Å². The molecule has 0 fully saturated rings. The summed E-state index contributed by atoms with van der Waals surface area (Å²) in [5.41, 5.74) is 5.57. The molecular formula is C20H39NO3. The summed E-state index contributed by atoms with van der Waals surface area (Å²) in [6, 6.07) is -1.10. The van der Waals surface area contributed by atoms with Crippen LogP contribution in [0, 0.1) is 0 Å². The summed E-state index contributed by atoms with van der Waals surface area (Å²) in [5, 5.41) is 0. The van der Waals surface area contributed by atoms with Crippen LogP contribution in [0.1, 0.15) is 104 Å². The molecule has 0 rings (SSSR count). The van der Waals surface area contributed by atoms with Crippen LogP contribution in [0.3, 0.4) is 0 Å². The van der Waals surface area contributed by atoms with Crippen molar-refractivity contribution in [1.29, 1.82) is 0 Å². The first-order valence-corrected chi connectivity index (χ1v) is 10.1. The number of rotatable bonds is 17. The van der Waals surface area contributed by atoms with Gasteiger partial charge in [-0.2, -0.15) is 0 Å². The fraction of sp³-hybridized carbons (Fsp3) is 0.900. The lowest BCUT2D eigenvalue weighted by molar-refractivity contribution is -0.147. The predicted molar refractivity (Wildman–Crippen MR) is 99.9 cm³/mol. The number of Topliss-reactive ketones (excluding diaryl/α,β-unsaturated/α-hetero) is 1. The molecule has 0 heterocycles. The van der Waals surface area contributed by atoms with E-state index in [2.05, 4.69) is 6.92 Å². The van der Waals surface area contributed by atoms with Crippen molar-refractivity contribution in [3.8, 4) is 0 Å². The molecule has 4 heteroatoms. The van der Waals surface area contributed by atoms with Crippen LogP contribution in [-0.4, -0.2) is 24.4 Å². The Balaban J connectivity index is 3.33. The average Bonchev–Trinajstić information content (AvgIpc) is 2.58. The van der Waals surface area contributed by atoms with Crippen molar-refractivity contribution in [2.45, 2.75) is 110 Å². The summed E-state index contributed by atoms with van der Waals surface area (Å²) < 4.78 is 4.76. The summed E-state index contributed by atoms with van der Waals surface area (Å²) in [4.78, 5) is 23.1. The van der Waals surface area contributed by atoms with E-state index < -0.39 is 12.0 Å². The van der Waals surface area contributed by atoms with Gasteiger partial charge in [-0.3, -0.25) is 4.79 Å². The molecule has 0 amide bonds. The lowest BCUT2D eigenvalue weighted by Crippen LogP contribution is -2.39. The molecule has 0 saturated heterocycles. The zero-order valence-corrected chi connectivity index (χ0v) is 16.0. The fourth-order valence-corrected chi connectivity index (χ4v) is 2.84. The van der Waals surface area contributed by atoms with Gasteiger partial charge in [-0.1, -0.05) is 84.0 Å². The van der Waals surface area contributed by atoms with Crippen LogP contribution in [0.15, 0.2) is 0 Å². The highest BCUT2D eigenvalue weighted by atomic mass is 16.5. The van der Waals surface area contributed by atoms with Gasteiger partial charge < -0.3 is 10.5 Å². The van der Waals surface area contributed by atoms with Crippen LogP contribution in [-0.2, 0) is 14.3 Å². The van der Waals surface area contributed by atoms with E-state index in [1.165, 1.54) is 70.6 Å². The number of carbonyl (C=O) groups excluding carboxylic acids is 2. The number of hydrogen-bond acceptors (Lipinski definition) is 4. The zero-order valence-electron chi connectivity index (χ0n) is 16.0. The van der Waals surface area contributed by atoms with Gasteiger partial charge in [-0.15, -0.1) is 0 Å². The van der Waals surface area contributed by atoms with Gasteiger partial charge >= 0.3 is 5.97 Å². The number of ether oxygens (including phenoxy) is 1. The number of esters is 1. The maximum Gasteiger partial charge on any atom is 0.330 e. The van der Waals surface area contributed by atoms with Crippen molar-refractivity contribution < 1.29 is 14.3 Å². The van der Waals surface area contributed by atoms with Gasteiger partial charge in [0.15, 0.2) is 11.8 Å². The van der Waals surface area contributed by atoms with Crippen molar-refractivity contribution in [2.75, 3.05) is 6.61 Å². The van der Waals surface area contributed by atoms with E-state index in [4.69, 9.17) is 10.5 Å². The zero-order chi connectivity index (χ0) is 18.0. The fourth-order valence-electron chi connectivity index (χ4n) is 2.84. The van der Waals surface area contributed by atoms with E-state index in [-0.39, 0.29) is 12.4 Å². The third-order valence-corrected chi connectivity index (χ3v) is 4.41. The highest BCUT2D eigenvalue weighted by Gasteiger charge is 2.22. The van der Waals surface area contributed by atoms with Crippen molar-refractivity contribution in [2.24, 2.45) is 5.73 Å². The van der Waals surface area contributed by atoms with E-state index in [1.807, 2.05) is 0 Å². The third kappa shape index (κ3) is 13.5. The maximum atomic E-state index is 11.7. The van der Waals surface area contributed by atoms with Gasteiger partial charge in [0.25, 0.3) is 0 Å². The van der Waals surface area contributed by atoms with Gasteiger partial charge in [-0.25, -0.2) is 4.79 Å². The highest BCUT2D eigenvalue weighted by molar-refractivity contribution is 6.02. The van der Waals surface area contributed by atoms with Gasteiger partial charge in [0.05, 0.1) is 6.61 Å². The molecule has 0 aliphatic rings. The van der Waals surface area contributed by atoms with E-state index in [9.17, 15) is 9.59 Å². The molecule has 0 aliphatic carbocycles.